The van der Waals surface area contributed by atoms with E-state index < -0.39 is 0 Å². The number of thiazole rings is 1. The average Bonchev–Trinajstić information content (AvgIpc) is 3.14. The van der Waals surface area contributed by atoms with Crippen LogP contribution in [0.5, 0.6) is 0 Å². The highest BCUT2D eigenvalue weighted by Crippen LogP contribution is 2.61. The van der Waals surface area contributed by atoms with Crippen LogP contribution in [0, 0.1) is 23.2 Å². The number of rotatable bonds is 5. The highest BCUT2D eigenvalue weighted by molar-refractivity contribution is 7.16. The summed E-state index contributed by atoms with van der Waals surface area (Å²) < 4.78 is 1.11. The van der Waals surface area contributed by atoms with Gasteiger partial charge in [0.15, 0.2) is 0 Å². The molecule has 6 nitrogen and oxygen atoms in total. The normalized spacial score (nSPS) is 25.3. The lowest BCUT2D eigenvalue weighted by Crippen LogP contribution is -2.53. The summed E-state index contributed by atoms with van der Waals surface area (Å²) in [6.45, 7) is 5.72. The Labute approximate surface area is 173 Å². The summed E-state index contributed by atoms with van der Waals surface area (Å²) in [6.07, 6.45) is 3.98. The van der Waals surface area contributed by atoms with Crippen LogP contribution >= 0.6 is 22.9 Å². The second-order valence-corrected chi connectivity index (χ2v) is 9.71. The van der Waals surface area contributed by atoms with Gasteiger partial charge in [0.25, 0.3) is 0 Å². The third kappa shape index (κ3) is 3.20. The summed E-state index contributed by atoms with van der Waals surface area (Å²) in [4.78, 5) is 17.3. The van der Waals surface area contributed by atoms with E-state index in [1.807, 2.05) is 23.7 Å². The fourth-order valence-electron chi connectivity index (χ4n) is 4.98. The molecule has 2 unspecified atom stereocenters. The molecular weight excluding hydrogens is 392 g/mol. The van der Waals surface area contributed by atoms with Gasteiger partial charge in [-0.1, -0.05) is 13.8 Å². The van der Waals surface area contributed by atoms with Gasteiger partial charge in [0.2, 0.25) is 17.2 Å². The first-order valence-electron chi connectivity index (χ1n) is 9.75. The predicted molar refractivity (Wildman–Crippen MR) is 114 cm³/mol. The zero-order valence-corrected chi connectivity index (χ0v) is 17.5. The summed E-state index contributed by atoms with van der Waals surface area (Å²) in [6, 6.07) is 5.98. The quantitative estimate of drug-likeness (QED) is 0.585. The van der Waals surface area contributed by atoms with Crippen molar-refractivity contribution in [1.29, 1.82) is 0 Å². The summed E-state index contributed by atoms with van der Waals surface area (Å²) >= 11 is 7.75. The van der Waals surface area contributed by atoms with Crippen LogP contribution in [0.15, 0.2) is 23.7 Å². The first kappa shape index (κ1) is 18.1. The molecule has 28 heavy (non-hydrogen) atoms. The Morgan fingerprint density at radius 2 is 2.04 bits per heavy atom. The maximum Gasteiger partial charge on any atom is 0.233 e. The maximum absolute atomic E-state index is 6.15. The fourth-order valence-corrected chi connectivity index (χ4v) is 5.85. The predicted octanol–water partition coefficient (Wildman–Crippen LogP) is 5.36. The molecule has 0 aliphatic heterocycles. The van der Waals surface area contributed by atoms with Crippen molar-refractivity contribution in [3.8, 4) is 0 Å². The SMILES string of the molecule is CC1(C)C2CCC(CNc3nc(Cl)nc(Nc4ccc5ncsc5c4)n3)[C@@H]1C2. The average molecular weight is 415 g/mol. The third-order valence-corrected chi connectivity index (χ3v) is 7.68. The van der Waals surface area contributed by atoms with Gasteiger partial charge in [0.1, 0.15) is 0 Å². The number of anilines is 3. The molecule has 3 aliphatic carbocycles. The molecule has 3 aliphatic rings. The highest BCUT2D eigenvalue weighted by atomic mass is 35.5. The Bertz CT molecular complexity index is 1020. The first-order valence-corrected chi connectivity index (χ1v) is 11.0. The molecule has 3 fully saturated rings. The van der Waals surface area contributed by atoms with Crippen molar-refractivity contribution in [2.45, 2.75) is 33.1 Å². The van der Waals surface area contributed by atoms with Gasteiger partial charge in [-0.15, -0.1) is 11.3 Å². The van der Waals surface area contributed by atoms with E-state index in [1.54, 1.807) is 11.3 Å². The van der Waals surface area contributed by atoms with Gasteiger partial charge >= 0.3 is 0 Å². The summed E-state index contributed by atoms with van der Waals surface area (Å²) in [5, 5.41) is 6.82. The van der Waals surface area contributed by atoms with Crippen molar-refractivity contribution in [3.05, 3.63) is 29.0 Å². The molecule has 2 N–H and O–H groups in total. The van der Waals surface area contributed by atoms with Crippen molar-refractivity contribution >= 4 is 50.7 Å². The molecule has 6 rings (SSSR count). The number of aromatic nitrogens is 4. The van der Waals surface area contributed by atoms with E-state index >= 15 is 0 Å². The molecule has 0 amide bonds. The van der Waals surface area contributed by atoms with Gasteiger partial charge < -0.3 is 10.6 Å². The summed E-state index contributed by atoms with van der Waals surface area (Å²) in [5.41, 5.74) is 4.20. The monoisotopic (exact) mass is 414 g/mol. The zero-order valence-electron chi connectivity index (χ0n) is 15.9. The zero-order chi connectivity index (χ0) is 19.3. The number of hydrogen-bond donors (Lipinski definition) is 2. The van der Waals surface area contributed by atoms with Gasteiger partial charge in [-0.25, -0.2) is 4.98 Å². The Morgan fingerprint density at radius 1 is 1.18 bits per heavy atom. The standard InChI is InChI=1S/C20H23ClN6S/c1-20(2)12-4-3-11(14(20)7-12)9-22-18-25-17(21)26-19(27-18)24-13-5-6-15-16(8-13)28-10-23-15/h5-6,8,10-12,14H,3-4,7,9H2,1-2H3,(H2,22,24,25,26,27)/t11?,12?,14-/m0/s1. The molecule has 3 atom stereocenters. The molecule has 146 valence electrons. The minimum absolute atomic E-state index is 0.187. The van der Waals surface area contributed by atoms with Gasteiger partial charge in [-0.2, -0.15) is 15.0 Å². The lowest BCUT2D eigenvalue weighted by Gasteiger charge is -2.60. The van der Waals surface area contributed by atoms with Crippen molar-refractivity contribution in [2.24, 2.45) is 23.2 Å². The Morgan fingerprint density at radius 3 is 2.86 bits per heavy atom. The maximum atomic E-state index is 6.15. The van der Waals surface area contributed by atoms with E-state index in [-0.39, 0.29) is 5.28 Å². The van der Waals surface area contributed by atoms with E-state index in [4.69, 9.17) is 11.6 Å². The highest BCUT2D eigenvalue weighted by Gasteiger charge is 2.53. The van der Waals surface area contributed by atoms with E-state index in [1.165, 1.54) is 19.3 Å². The molecule has 2 heterocycles. The second-order valence-electron chi connectivity index (χ2n) is 8.49. The summed E-state index contributed by atoms with van der Waals surface area (Å²) in [5.74, 6) is 3.34. The number of halogens is 1. The van der Waals surface area contributed by atoms with E-state index in [0.29, 0.717) is 23.2 Å². The minimum atomic E-state index is 0.187. The van der Waals surface area contributed by atoms with Crippen LogP contribution in [-0.2, 0) is 0 Å². The Balaban J connectivity index is 1.29. The second kappa shape index (κ2) is 6.81. The van der Waals surface area contributed by atoms with E-state index in [0.717, 1.165) is 34.3 Å². The number of benzene rings is 1. The van der Waals surface area contributed by atoms with E-state index in [2.05, 4.69) is 44.4 Å². The number of hydrogen-bond acceptors (Lipinski definition) is 7. The number of nitrogens with one attached hydrogen (secondary N) is 2. The fraction of sp³-hybridized carbons (Fsp3) is 0.500. The molecule has 3 saturated carbocycles. The smallest absolute Gasteiger partial charge is 0.233 e. The molecule has 0 saturated heterocycles. The largest absolute Gasteiger partial charge is 0.354 e. The Kier molecular flexibility index (Phi) is 4.39. The van der Waals surface area contributed by atoms with Gasteiger partial charge in [-0.05, 0) is 72.2 Å². The molecule has 8 heteroatoms. The lowest BCUT2D eigenvalue weighted by atomic mass is 9.45. The van der Waals surface area contributed by atoms with E-state index in [9.17, 15) is 0 Å². The molecule has 0 spiro atoms. The summed E-state index contributed by atoms with van der Waals surface area (Å²) in [7, 11) is 0. The van der Waals surface area contributed by atoms with Crippen molar-refractivity contribution in [2.75, 3.05) is 17.2 Å². The van der Waals surface area contributed by atoms with Crippen LogP contribution in [-0.4, -0.2) is 26.5 Å². The molecule has 3 aromatic rings. The van der Waals surface area contributed by atoms with Gasteiger partial charge in [0.05, 0.1) is 15.7 Å². The van der Waals surface area contributed by atoms with Gasteiger partial charge in [0, 0.05) is 12.2 Å². The number of nitrogens with zero attached hydrogens (tertiary/aromatic N) is 4. The topological polar surface area (TPSA) is 75.6 Å². The van der Waals surface area contributed by atoms with Crippen LogP contribution in [0.2, 0.25) is 5.28 Å². The van der Waals surface area contributed by atoms with Gasteiger partial charge in [-0.3, -0.25) is 0 Å². The minimum Gasteiger partial charge on any atom is -0.354 e. The van der Waals surface area contributed by atoms with Crippen LogP contribution in [0.3, 0.4) is 0 Å². The lowest BCUT2D eigenvalue weighted by molar-refractivity contribution is -0.100. The van der Waals surface area contributed by atoms with Crippen molar-refractivity contribution in [3.63, 3.8) is 0 Å². The number of fused-ring (bicyclic) bond motifs is 3. The first-order chi connectivity index (χ1) is 13.5. The molecule has 0 radical (unpaired) electrons. The molecule has 2 bridgehead atoms. The van der Waals surface area contributed by atoms with Crippen LogP contribution < -0.4 is 10.6 Å². The van der Waals surface area contributed by atoms with Crippen LogP contribution in [0.4, 0.5) is 17.6 Å². The van der Waals surface area contributed by atoms with Crippen LogP contribution in [0.25, 0.3) is 10.2 Å². The Hall–Kier alpha value is -1.99. The third-order valence-electron chi connectivity index (χ3n) is 6.72. The van der Waals surface area contributed by atoms with Crippen LogP contribution in [0.1, 0.15) is 33.1 Å². The molecule has 1 aromatic carbocycles. The molecular formula is C20H23ClN6S. The van der Waals surface area contributed by atoms with Crippen molar-refractivity contribution < 1.29 is 0 Å². The van der Waals surface area contributed by atoms with Crippen molar-refractivity contribution in [1.82, 2.24) is 19.9 Å². The molecule has 2 aromatic heterocycles.